The Bertz CT molecular complexity index is 768. The highest BCUT2D eigenvalue weighted by molar-refractivity contribution is 5.79. The summed E-state index contributed by atoms with van der Waals surface area (Å²) in [5.74, 6) is 0.698. The zero-order valence-electron chi connectivity index (χ0n) is 12.8. The molecule has 0 aromatic carbocycles. The molecule has 0 aliphatic rings. The fourth-order valence-corrected chi connectivity index (χ4v) is 2.14. The van der Waals surface area contributed by atoms with Gasteiger partial charge in [0.1, 0.15) is 11.7 Å². The molecule has 3 aromatic rings. The molecule has 0 fully saturated rings. The van der Waals surface area contributed by atoms with Crippen LogP contribution >= 0.6 is 0 Å². The van der Waals surface area contributed by atoms with Crippen LogP contribution in [0.3, 0.4) is 0 Å². The zero-order valence-corrected chi connectivity index (χ0v) is 12.8. The van der Waals surface area contributed by atoms with E-state index in [0.29, 0.717) is 17.4 Å². The minimum Gasteiger partial charge on any atom is -0.337 e. The molecule has 0 aliphatic heterocycles. The Morgan fingerprint density at radius 2 is 2.26 bits per heavy atom. The lowest BCUT2D eigenvalue weighted by molar-refractivity contribution is -0.133. The number of nitrogens with zero attached hydrogens (tertiary/aromatic N) is 6. The molecule has 0 radical (unpaired) electrons. The Labute approximate surface area is 132 Å². The molecule has 0 bridgehead atoms. The van der Waals surface area contributed by atoms with Gasteiger partial charge >= 0.3 is 0 Å². The van der Waals surface area contributed by atoms with E-state index in [9.17, 15) is 4.79 Å². The molecule has 0 saturated carbocycles. The van der Waals surface area contributed by atoms with Gasteiger partial charge in [-0.15, -0.1) is 0 Å². The number of carbonyl (C=O) groups is 1. The summed E-state index contributed by atoms with van der Waals surface area (Å²) in [6.07, 6.45) is 6.67. The smallest absolute Gasteiger partial charge is 0.246 e. The minimum absolute atomic E-state index is 0.0689. The molecule has 0 spiro atoms. The molecular formula is C15H16N6O2. The van der Waals surface area contributed by atoms with Crippen molar-refractivity contribution in [3.8, 4) is 11.5 Å². The number of carbonyl (C=O) groups excluding carboxylic acids is 1. The normalized spacial score (nSPS) is 12.1. The second-order valence-electron chi connectivity index (χ2n) is 5.11. The van der Waals surface area contributed by atoms with Crippen LogP contribution in [0.1, 0.15) is 18.9 Å². The summed E-state index contributed by atoms with van der Waals surface area (Å²) in [7, 11) is 1.69. The van der Waals surface area contributed by atoms with Crippen LogP contribution in [0.4, 0.5) is 0 Å². The SMILES string of the molecule is CC(C(=O)N(C)Cc1nc(-c2ccccn2)no1)n1ccnc1. The van der Waals surface area contributed by atoms with Crippen LogP contribution in [0.2, 0.25) is 0 Å². The van der Waals surface area contributed by atoms with Gasteiger partial charge in [0.25, 0.3) is 0 Å². The maximum atomic E-state index is 12.4. The van der Waals surface area contributed by atoms with Crippen molar-refractivity contribution in [1.82, 2.24) is 29.6 Å². The largest absolute Gasteiger partial charge is 0.337 e. The van der Waals surface area contributed by atoms with Crippen LogP contribution in [0.25, 0.3) is 11.5 Å². The molecule has 8 nitrogen and oxygen atoms in total. The first-order valence-corrected chi connectivity index (χ1v) is 7.11. The van der Waals surface area contributed by atoms with E-state index in [1.807, 2.05) is 19.1 Å². The molecule has 3 rings (SSSR count). The van der Waals surface area contributed by atoms with Crippen molar-refractivity contribution in [3.63, 3.8) is 0 Å². The predicted molar refractivity (Wildman–Crippen MR) is 80.9 cm³/mol. The second kappa shape index (κ2) is 6.39. The second-order valence-corrected chi connectivity index (χ2v) is 5.11. The molecule has 1 atom stereocenters. The standard InChI is InChI=1S/C15H16N6O2/c1-11(21-8-7-16-10-21)15(22)20(2)9-13-18-14(19-23-13)12-5-3-4-6-17-12/h3-8,10-11H,9H2,1-2H3. The fourth-order valence-electron chi connectivity index (χ4n) is 2.14. The Balaban J connectivity index is 1.67. The first-order chi connectivity index (χ1) is 11.1. The van der Waals surface area contributed by atoms with Crippen LogP contribution in [0.5, 0.6) is 0 Å². The van der Waals surface area contributed by atoms with Gasteiger partial charge in [-0.2, -0.15) is 4.98 Å². The molecule has 0 aliphatic carbocycles. The Hall–Kier alpha value is -3.03. The molecule has 118 valence electrons. The first-order valence-electron chi connectivity index (χ1n) is 7.11. The van der Waals surface area contributed by atoms with E-state index in [2.05, 4.69) is 20.1 Å². The van der Waals surface area contributed by atoms with Gasteiger partial charge in [0.15, 0.2) is 0 Å². The molecular weight excluding hydrogens is 296 g/mol. The number of hydrogen-bond donors (Lipinski definition) is 0. The maximum absolute atomic E-state index is 12.4. The van der Waals surface area contributed by atoms with Gasteiger partial charge in [-0.05, 0) is 19.1 Å². The van der Waals surface area contributed by atoms with E-state index < -0.39 is 0 Å². The molecule has 0 N–H and O–H groups in total. The lowest BCUT2D eigenvalue weighted by atomic mass is 10.3. The number of imidazole rings is 1. The number of amides is 1. The fraction of sp³-hybridized carbons (Fsp3) is 0.267. The molecule has 23 heavy (non-hydrogen) atoms. The number of aromatic nitrogens is 5. The lowest BCUT2D eigenvalue weighted by Gasteiger charge is -2.20. The van der Waals surface area contributed by atoms with E-state index in [4.69, 9.17) is 4.52 Å². The third-order valence-corrected chi connectivity index (χ3v) is 3.44. The van der Waals surface area contributed by atoms with Crippen molar-refractivity contribution in [1.29, 1.82) is 0 Å². The minimum atomic E-state index is -0.347. The van der Waals surface area contributed by atoms with Crippen molar-refractivity contribution < 1.29 is 9.32 Å². The lowest BCUT2D eigenvalue weighted by Crippen LogP contribution is -2.32. The summed E-state index contributed by atoms with van der Waals surface area (Å²) in [4.78, 5) is 26.3. The molecule has 1 amide bonds. The van der Waals surface area contributed by atoms with Crippen LogP contribution in [0.15, 0.2) is 47.6 Å². The maximum Gasteiger partial charge on any atom is 0.246 e. The van der Waals surface area contributed by atoms with Crippen molar-refractivity contribution in [3.05, 3.63) is 49.0 Å². The van der Waals surface area contributed by atoms with Crippen LogP contribution in [-0.2, 0) is 11.3 Å². The van der Waals surface area contributed by atoms with E-state index in [-0.39, 0.29) is 18.5 Å². The Morgan fingerprint density at radius 3 is 2.96 bits per heavy atom. The summed E-state index contributed by atoms with van der Waals surface area (Å²) >= 11 is 0. The number of rotatable bonds is 5. The molecule has 0 saturated heterocycles. The summed E-state index contributed by atoms with van der Waals surface area (Å²) in [5, 5.41) is 3.89. The third kappa shape index (κ3) is 3.25. The van der Waals surface area contributed by atoms with Gasteiger partial charge in [0.05, 0.1) is 12.9 Å². The molecule has 8 heteroatoms. The topological polar surface area (TPSA) is 89.9 Å². The Kier molecular flexibility index (Phi) is 4.13. The van der Waals surface area contributed by atoms with E-state index in [1.54, 1.807) is 47.5 Å². The van der Waals surface area contributed by atoms with Crippen molar-refractivity contribution in [2.45, 2.75) is 19.5 Å². The summed E-state index contributed by atoms with van der Waals surface area (Å²) in [6, 6.07) is 5.11. The van der Waals surface area contributed by atoms with Gasteiger partial charge in [-0.25, -0.2) is 4.98 Å². The third-order valence-electron chi connectivity index (χ3n) is 3.44. The van der Waals surface area contributed by atoms with E-state index in [0.717, 1.165) is 0 Å². The van der Waals surface area contributed by atoms with Gasteiger partial charge in [0.2, 0.25) is 17.6 Å². The average molecular weight is 312 g/mol. The van der Waals surface area contributed by atoms with E-state index in [1.165, 1.54) is 0 Å². The molecule has 1 unspecified atom stereocenters. The van der Waals surface area contributed by atoms with Crippen LogP contribution in [0, 0.1) is 0 Å². The van der Waals surface area contributed by atoms with Gasteiger partial charge in [-0.1, -0.05) is 11.2 Å². The summed E-state index contributed by atoms with van der Waals surface area (Å²) in [5.41, 5.74) is 0.628. The Morgan fingerprint density at radius 1 is 1.39 bits per heavy atom. The monoisotopic (exact) mass is 312 g/mol. The zero-order chi connectivity index (χ0) is 16.2. The quantitative estimate of drug-likeness (QED) is 0.710. The molecule has 3 aromatic heterocycles. The van der Waals surface area contributed by atoms with E-state index >= 15 is 0 Å². The summed E-state index contributed by atoms with van der Waals surface area (Å²) in [6.45, 7) is 2.05. The number of likely N-dealkylation sites (N-methyl/N-ethyl adjacent to an activating group) is 1. The van der Waals surface area contributed by atoms with Gasteiger partial charge < -0.3 is 14.0 Å². The van der Waals surface area contributed by atoms with Crippen molar-refractivity contribution in [2.24, 2.45) is 0 Å². The first kappa shape index (κ1) is 14.9. The number of pyridine rings is 1. The van der Waals surface area contributed by atoms with Crippen LogP contribution in [-0.4, -0.2) is 42.5 Å². The van der Waals surface area contributed by atoms with Crippen molar-refractivity contribution in [2.75, 3.05) is 7.05 Å². The average Bonchev–Trinajstić information content (AvgIpc) is 3.26. The predicted octanol–water partition coefficient (Wildman–Crippen LogP) is 1.55. The van der Waals surface area contributed by atoms with Gasteiger partial charge in [-0.3, -0.25) is 9.78 Å². The number of hydrogen-bond acceptors (Lipinski definition) is 6. The highest BCUT2D eigenvalue weighted by Gasteiger charge is 2.21. The highest BCUT2D eigenvalue weighted by Crippen LogP contribution is 2.14. The van der Waals surface area contributed by atoms with Crippen LogP contribution < -0.4 is 0 Å². The van der Waals surface area contributed by atoms with Crippen molar-refractivity contribution >= 4 is 5.91 Å². The highest BCUT2D eigenvalue weighted by atomic mass is 16.5. The van der Waals surface area contributed by atoms with Gasteiger partial charge in [0, 0.05) is 25.6 Å². The molecule has 3 heterocycles. The summed E-state index contributed by atoms with van der Waals surface area (Å²) < 4.78 is 6.94.